The first-order valence-corrected chi connectivity index (χ1v) is 21.8. The maximum absolute atomic E-state index is 3.84. The predicted molar refractivity (Wildman–Crippen MR) is 262 cm³/mol. The van der Waals surface area contributed by atoms with E-state index in [1.165, 1.54) is 94.3 Å². The Bertz CT molecular complexity index is 3290. The van der Waals surface area contributed by atoms with Crippen LogP contribution in [-0.2, 0) is 10.8 Å². The standard InChI is InChI=1S/C60H46N2/c1-59(2)51-24-13-11-20-46(51)49-36-53-50(37-52(49)59)57-54(60(53,3)4)34-42(45-22-15-23-48-47-21-12-14-25-55(47)61-58(45)48)35-56(57)62(43-30-26-40(27-31-43)38-16-7-5-8-17-38)44-32-28-41(29-33-44)39-18-9-6-10-19-39/h5-37,61H,1-4H3. The van der Waals surface area contributed by atoms with E-state index in [2.05, 4.69) is 238 Å². The molecule has 1 heterocycles. The Morgan fingerprint density at radius 1 is 0.355 bits per heavy atom. The molecule has 0 aliphatic heterocycles. The average Bonchev–Trinajstić information content (AvgIpc) is 3.89. The molecule has 0 saturated carbocycles. The van der Waals surface area contributed by atoms with Gasteiger partial charge >= 0.3 is 0 Å². The second-order valence-corrected chi connectivity index (χ2v) is 18.2. The molecule has 0 unspecified atom stereocenters. The van der Waals surface area contributed by atoms with Gasteiger partial charge in [0.1, 0.15) is 0 Å². The molecule has 2 aliphatic carbocycles. The summed E-state index contributed by atoms with van der Waals surface area (Å²) in [6.07, 6.45) is 0. The zero-order chi connectivity index (χ0) is 41.7. The van der Waals surface area contributed by atoms with Crippen LogP contribution in [0.5, 0.6) is 0 Å². The molecular formula is C60H46N2. The second kappa shape index (κ2) is 13.5. The molecule has 9 aromatic carbocycles. The predicted octanol–water partition coefficient (Wildman–Crippen LogP) is 16.4. The summed E-state index contributed by atoms with van der Waals surface area (Å²) in [5.41, 5.74) is 23.4. The highest BCUT2D eigenvalue weighted by atomic mass is 15.1. The summed E-state index contributed by atoms with van der Waals surface area (Å²) in [6, 6.07) is 74.2. The van der Waals surface area contributed by atoms with Gasteiger partial charge in [0, 0.05) is 49.6 Å². The molecule has 10 aromatic rings. The van der Waals surface area contributed by atoms with E-state index < -0.39 is 0 Å². The second-order valence-electron chi connectivity index (χ2n) is 18.2. The number of anilines is 3. The first kappa shape index (κ1) is 36.4. The molecule has 0 radical (unpaired) electrons. The Kier molecular flexibility index (Phi) is 7.96. The molecule has 62 heavy (non-hydrogen) atoms. The van der Waals surface area contributed by atoms with Gasteiger partial charge in [-0.1, -0.05) is 173 Å². The number of nitrogens with one attached hydrogen (secondary N) is 1. The number of nitrogens with zero attached hydrogens (tertiary/aromatic N) is 1. The van der Waals surface area contributed by atoms with Crippen molar-refractivity contribution in [3.05, 3.63) is 222 Å². The molecule has 296 valence electrons. The average molecular weight is 795 g/mol. The third-order valence-corrected chi connectivity index (χ3v) is 14.0. The van der Waals surface area contributed by atoms with Crippen LogP contribution in [-0.4, -0.2) is 4.98 Å². The lowest BCUT2D eigenvalue weighted by molar-refractivity contribution is 0.652. The van der Waals surface area contributed by atoms with Crippen molar-refractivity contribution in [1.82, 2.24) is 4.98 Å². The smallest absolute Gasteiger partial charge is 0.0549 e. The van der Waals surface area contributed by atoms with Crippen molar-refractivity contribution in [2.24, 2.45) is 0 Å². The molecular weight excluding hydrogens is 749 g/mol. The van der Waals surface area contributed by atoms with E-state index in [0.717, 1.165) is 22.4 Å². The van der Waals surface area contributed by atoms with Crippen LogP contribution in [0.4, 0.5) is 17.1 Å². The van der Waals surface area contributed by atoms with Crippen LogP contribution in [0.15, 0.2) is 200 Å². The fraction of sp³-hybridized carbons (Fsp3) is 0.100. The third-order valence-electron chi connectivity index (χ3n) is 14.0. The number of para-hydroxylation sites is 2. The van der Waals surface area contributed by atoms with Crippen LogP contribution in [0, 0.1) is 0 Å². The number of benzene rings is 9. The van der Waals surface area contributed by atoms with Gasteiger partial charge in [0.05, 0.1) is 11.2 Å². The molecule has 2 aliphatic rings. The topological polar surface area (TPSA) is 19.0 Å². The largest absolute Gasteiger partial charge is 0.354 e. The number of rotatable bonds is 6. The Hall–Kier alpha value is -7.42. The van der Waals surface area contributed by atoms with Gasteiger partial charge < -0.3 is 9.88 Å². The monoisotopic (exact) mass is 794 g/mol. The first-order chi connectivity index (χ1) is 30.3. The maximum Gasteiger partial charge on any atom is 0.0549 e. The van der Waals surface area contributed by atoms with Crippen molar-refractivity contribution in [1.29, 1.82) is 0 Å². The van der Waals surface area contributed by atoms with Crippen LogP contribution in [0.3, 0.4) is 0 Å². The van der Waals surface area contributed by atoms with Crippen LogP contribution in [0.2, 0.25) is 0 Å². The highest BCUT2D eigenvalue weighted by molar-refractivity contribution is 6.12. The highest BCUT2D eigenvalue weighted by Gasteiger charge is 2.43. The molecule has 0 atom stereocenters. The molecule has 0 amide bonds. The van der Waals surface area contributed by atoms with E-state index in [1.807, 2.05) is 0 Å². The highest BCUT2D eigenvalue weighted by Crippen LogP contribution is 2.60. The lowest BCUT2D eigenvalue weighted by atomic mass is 9.79. The van der Waals surface area contributed by atoms with Gasteiger partial charge in [0.25, 0.3) is 0 Å². The van der Waals surface area contributed by atoms with Crippen LogP contribution in [0.25, 0.3) is 77.4 Å². The summed E-state index contributed by atoms with van der Waals surface area (Å²) in [6.45, 7) is 9.65. The number of aromatic amines is 1. The van der Waals surface area contributed by atoms with Crippen molar-refractivity contribution in [2.45, 2.75) is 38.5 Å². The van der Waals surface area contributed by atoms with Gasteiger partial charge in [-0.2, -0.15) is 0 Å². The molecule has 0 fully saturated rings. The van der Waals surface area contributed by atoms with Gasteiger partial charge in [0.15, 0.2) is 0 Å². The SMILES string of the molecule is CC1(C)c2ccccc2-c2cc3c(cc21)-c1c(N(c2ccc(-c4ccccc4)cc2)c2ccc(-c4ccccc4)cc2)cc(-c2cccc4c2[nH]c2ccccc24)cc1C3(C)C. The van der Waals surface area contributed by atoms with Gasteiger partial charge in [-0.15, -0.1) is 0 Å². The zero-order valence-corrected chi connectivity index (χ0v) is 35.5. The summed E-state index contributed by atoms with van der Waals surface area (Å²) >= 11 is 0. The fourth-order valence-corrected chi connectivity index (χ4v) is 10.8. The minimum atomic E-state index is -0.277. The molecule has 1 N–H and O–H groups in total. The molecule has 2 heteroatoms. The number of hydrogen-bond acceptors (Lipinski definition) is 1. The van der Waals surface area contributed by atoms with Crippen molar-refractivity contribution in [3.63, 3.8) is 0 Å². The number of fused-ring (bicyclic) bond motifs is 9. The summed E-state index contributed by atoms with van der Waals surface area (Å²) in [4.78, 5) is 6.35. The van der Waals surface area contributed by atoms with E-state index in [0.29, 0.717) is 0 Å². The third kappa shape index (κ3) is 5.43. The van der Waals surface area contributed by atoms with Gasteiger partial charge in [0.2, 0.25) is 0 Å². The Morgan fingerprint density at radius 2 is 0.871 bits per heavy atom. The molecule has 0 saturated heterocycles. The molecule has 0 spiro atoms. The minimum Gasteiger partial charge on any atom is -0.354 e. The van der Waals surface area contributed by atoms with E-state index in [4.69, 9.17) is 0 Å². The zero-order valence-electron chi connectivity index (χ0n) is 35.5. The van der Waals surface area contributed by atoms with Gasteiger partial charge in [-0.25, -0.2) is 0 Å². The van der Waals surface area contributed by atoms with Crippen LogP contribution in [0.1, 0.15) is 49.9 Å². The molecule has 1 aromatic heterocycles. The van der Waals surface area contributed by atoms with Crippen LogP contribution >= 0.6 is 0 Å². The van der Waals surface area contributed by atoms with Crippen molar-refractivity contribution in [3.8, 4) is 55.6 Å². The maximum atomic E-state index is 3.84. The number of hydrogen-bond donors (Lipinski definition) is 1. The summed E-state index contributed by atoms with van der Waals surface area (Å²) < 4.78 is 0. The van der Waals surface area contributed by atoms with E-state index >= 15 is 0 Å². The Labute approximate surface area is 363 Å². The first-order valence-electron chi connectivity index (χ1n) is 21.8. The molecule has 12 rings (SSSR count). The van der Waals surface area contributed by atoms with E-state index in [9.17, 15) is 0 Å². The van der Waals surface area contributed by atoms with Crippen molar-refractivity contribution >= 4 is 38.9 Å². The fourth-order valence-electron chi connectivity index (χ4n) is 10.8. The van der Waals surface area contributed by atoms with Crippen molar-refractivity contribution < 1.29 is 0 Å². The number of aromatic nitrogens is 1. The molecule has 0 bridgehead atoms. The van der Waals surface area contributed by atoms with Gasteiger partial charge in [-0.05, 0) is 121 Å². The van der Waals surface area contributed by atoms with Gasteiger partial charge in [-0.3, -0.25) is 0 Å². The lowest BCUT2D eigenvalue weighted by Crippen LogP contribution is -2.17. The van der Waals surface area contributed by atoms with Crippen molar-refractivity contribution in [2.75, 3.05) is 4.90 Å². The lowest BCUT2D eigenvalue weighted by Gasteiger charge is -2.30. The minimum absolute atomic E-state index is 0.126. The van der Waals surface area contributed by atoms with Crippen LogP contribution < -0.4 is 4.90 Å². The number of H-pyrrole nitrogens is 1. The summed E-state index contributed by atoms with van der Waals surface area (Å²) in [7, 11) is 0. The van der Waals surface area contributed by atoms with E-state index in [1.54, 1.807) is 0 Å². The Balaban J connectivity index is 1.14. The quantitative estimate of drug-likeness (QED) is 0.178. The summed E-state index contributed by atoms with van der Waals surface area (Å²) in [5, 5.41) is 2.49. The van der Waals surface area contributed by atoms with E-state index in [-0.39, 0.29) is 10.8 Å². The normalized spacial score (nSPS) is 14.1. The molecule has 2 nitrogen and oxygen atoms in total. The summed E-state index contributed by atoms with van der Waals surface area (Å²) in [5.74, 6) is 0. The Morgan fingerprint density at radius 3 is 1.55 bits per heavy atom.